The van der Waals surface area contributed by atoms with Crippen molar-refractivity contribution in [2.24, 2.45) is 0 Å². The van der Waals surface area contributed by atoms with Gasteiger partial charge in [-0.05, 0) is 50.2 Å². The van der Waals surface area contributed by atoms with Crippen molar-refractivity contribution in [2.75, 3.05) is 44.2 Å². The van der Waals surface area contributed by atoms with Crippen LogP contribution in [0.4, 0.5) is 5.13 Å². The molecule has 2 fully saturated rings. The first-order chi connectivity index (χ1) is 16.3. The highest BCUT2D eigenvalue weighted by Gasteiger charge is 2.32. The highest BCUT2D eigenvalue weighted by atomic mass is 32.2. The van der Waals surface area contributed by atoms with Crippen molar-refractivity contribution in [1.29, 1.82) is 0 Å². The number of sulfonamides is 1. The van der Waals surface area contributed by atoms with E-state index in [0.29, 0.717) is 44.8 Å². The first kappa shape index (κ1) is 23.2. The average Bonchev–Trinajstić information content (AvgIpc) is 3.27. The zero-order valence-electron chi connectivity index (χ0n) is 19.3. The first-order valence-electron chi connectivity index (χ1n) is 11.5. The Kier molecular flexibility index (Phi) is 6.32. The normalized spacial score (nSPS) is 22.3. The topological polar surface area (TPSA) is 83.1 Å². The summed E-state index contributed by atoms with van der Waals surface area (Å²) in [7, 11) is -3.63. The molecule has 0 saturated carbocycles. The van der Waals surface area contributed by atoms with Crippen LogP contribution in [0.2, 0.25) is 0 Å². The second-order valence-electron chi connectivity index (χ2n) is 8.85. The number of carbonyl (C=O) groups excluding carboxylic acids is 1. The molecule has 2 unspecified atom stereocenters. The predicted octanol–water partition coefficient (Wildman–Crippen LogP) is 3.06. The van der Waals surface area contributed by atoms with Crippen LogP contribution in [-0.4, -0.2) is 80.0 Å². The van der Waals surface area contributed by atoms with Crippen LogP contribution in [0.15, 0.2) is 53.4 Å². The van der Waals surface area contributed by atoms with Crippen LogP contribution >= 0.6 is 11.3 Å². The van der Waals surface area contributed by atoms with Gasteiger partial charge in [-0.3, -0.25) is 4.79 Å². The number of piperazine rings is 1. The maximum Gasteiger partial charge on any atom is 0.253 e. The van der Waals surface area contributed by atoms with Gasteiger partial charge in [0, 0.05) is 44.8 Å². The van der Waals surface area contributed by atoms with Crippen LogP contribution in [0.5, 0.6) is 0 Å². The maximum absolute atomic E-state index is 13.1. The summed E-state index contributed by atoms with van der Waals surface area (Å²) < 4.78 is 34.4. The number of aromatic nitrogens is 1. The van der Waals surface area contributed by atoms with Crippen molar-refractivity contribution >= 4 is 42.6 Å². The van der Waals surface area contributed by atoms with Gasteiger partial charge in [-0.2, -0.15) is 4.31 Å². The van der Waals surface area contributed by atoms with Gasteiger partial charge in [-0.15, -0.1) is 0 Å². The number of benzene rings is 2. The van der Waals surface area contributed by atoms with E-state index in [1.54, 1.807) is 23.5 Å². The molecule has 0 bridgehead atoms. The lowest BCUT2D eigenvalue weighted by molar-refractivity contribution is -0.0440. The number of morpholine rings is 1. The summed E-state index contributed by atoms with van der Waals surface area (Å²) in [6.45, 7) is 7.01. The molecule has 180 valence electrons. The van der Waals surface area contributed by atoms with Crippen molar-refractivity contribution in [1.82, 2.24) is 14.2 Å². The van der Waals surface area contributed by atoms with Crippen LogP contribution in [0.1, 0.15) is 24.2 Å². The van der Waals surface area contributed by atoms with E-state index in [1.165, 1.54) is 16.4 Å². The average molecular weight is 501 g/mol. The second-order valence-corrected chi connectivity index (χ2v) is 11.8. The molecule has 2 saturated heterocycles. The van der Waals surface area contributed by atoms with E-state index >= 15 is 0 Å². The molecule has 2 aromatic carbocycles. The van der Waals surface area contributed by atoms with Gasteiger partial charge in [0.15, 0.2) is 5.13 Å². The molecule has 0 N–H and O–H groups in total. The summed E-state index contributed by atoms with van der Waals surface area (Å²) in [5.74, 6) is -0.0819. The van der Waals surface area contributed by atoms with Crippen LogP contribution in [0, 0.1) is 0 Å². The summed E-state index contributed by atoms with van der Waals surface area (Å²) in [5, 5.41) is 0.981. The molecule has 3 heterocycles. The smallest absolute Gasteiger partial charge is 0.253 e. The maximum atomic E-state index is 13.1. The zero-order valence-corrected chi connectivity index (χ0v) is 20.9. The van der Waals surface area contributed by atoms with E-state index in [4.69, 9.17) is 9.72 Å². The molecule has 8 nitrogen and oxygen atoms in total. The van der Waals surface area contributed by atoms with Crippen LogP contribution in [-0.2, 0) is 14.8 Å². The van der Waals surface area contributed by atoms with E-state index in [-0.39, 0.29) is 23.0 Å². The van der Waals surface area contributed by atoms with Gasteiger partial charge in [0.1, 0.15) is 0 Å². The Bertz CT molecular complexity index is 1240. The minimum atomic E-state index is -3.63. The molecule has 0 spiro atoms. The molecule has 2 aliphatic heterocycles. The third kappa shape index (κ3) is 4.55. The molecule has 0 aliphatic carbocycles. The van der Waals surface area contributed by atoms with Crippen molar-refractivity contribution in [3.63, 3.8) is 0 Å². The summed E-state index contributed by atoms with van der Waals surface area (Å²) in [5.41, 5.74) is 1.49. The van der Waals surface area contributed by atoms with Gasteiger partial charge in [-0.1, -0.05) is 23.5 Å². The van der Waals surface area contributed by atoms with Gasteiger partial charge in [-0.25, -0.2) is 13.4 Å². The summed E-state index contributed by atoms with van der Waals surface area (Å²) in [4.78, 5) is 22.0. The van der Waals surface area contributed by atoms with Gasteiger partial charge in [0.25, 0.3) is 5.91 Å². The molecular formula is C24H28N4O4S2. The fourth-order valence-corrected chi connectivity index (χ4v) is 7.13. The summed E-state index contributed by atoms with van der Waals surface area (Å²) in [6, 6.07) is 14.4. The molecule has 10 heteroatoms. The Labute approximate surface area is 203 Å². The van der Waals surface area contributed by atoms with Crippen LogP contribution < -0.4 is 4.90 Å². The number of hydrogen-bond donors (Lipinski definition) is 0. The fourth-order valence-electron chi connectivity index (χ4n) is 4.52. The third-order valence-electron chi connectivity index (χ3n) is 6.25. The van der Waals surface area contributed by atoms with Gasteiger partial charge >= 0.3 is 0 Å². The van der Waals surface area contributed by atoms with E-state index in [9.17, 15) is 13.2 Å². The molecule has 1 amide bonds. The quantitative estimate of drug-likeness (QED) is 0.548. The molecule has 1 aromatic heterocycles. The molecular weight excluding hydrogens is 472 g/mol. The minimum absolute atomic E-state index is 0.0819. The lowest BCUT2D eigenvalue weighted by atomic mass is 10.2. The molecule has 34 heavy (non-hydrogen) atoms. The zero-order chi connectivity index (χ0) is 23.9. The van der Waals surface area contributed by atoms with E-state index in [0.717, 1.165) is 15.3 Å². The minimum Gasteiger partial charge on any atom is -0.373 e. The molecule has 2 atom stereocenters. The number of para-hydroxylation sites is 1. The Morgan fingerprint density at radius 3 is 2.26 bits per heavy atom. The number of nitrogens with zero attached hydrogens (tertiary/aromatic N) is 4. The van der Waals surface area contributed by atoms with E-state index in [2.05, 4.69) is 11.0 Å². The fraction of sp³-hybridized carbons (Fsp3) is 0.417. The molecule has 2 aliphatic rings. The standard InChI is InChI=1S/C24H28N4O4S2/c1-17-15-28(16-18(2)32-17)34(30,31)20-9-7-19(8-10-20)23(29)26-11-13-27(14-12-26)24-25-21-5-3-4-6-22(21)33-24/h3-10,17-18H,11-16H2,1-2H3. The Balaban J connectivity index is 1.23. The Morgan fingerprint density at radius 1 is 0.971 bits per heavy atom. The number of fused-ring (bicyclic) bond motifs is 1. The number of anilines is 1. The SMILES string of the molecule is CC1CN(S(=O)(=O)c2ccc(C(=O)N3CCN(c4nc5ccccc5s4)CC3)cc2)CC(C)O1. The monoisotopic (exact) mass is 500 g/mol. The summed E-state index contributed by atoms with van der Waals surface area (Å²) in [6.07, 6.45) is -0.304. The van der Waals surface area contributed by atoms with Gasteiger partial charge in [0.05, 0.1) is 27.3 Å². The predicted molar refractivity (Wildman–Crippen MR) is 133 cm³/mol. The number of amides is 1. The molecule has 5 rings (SSSR count). The van der Waals surface area contributed by atoms with Crippen molar-refractivity contribution < 1.29 is 17.9 Å². The summed E-state index contributed by atoms with van der Waals surface area (Å²) >= 11 is 1.67. The number of hydrogen-bond acceptors (Lipinski definition) is 7. The molecule has 0 radical (unpaired) electrons. The Hall–Kier alpha value is -2.53. The van der Waals surface area contributed by atoms with Gasteiger partial charge in [0.2, 0.25) is 10.0 Å². The molecule has 3 aromatic rings. The number of thiazole rings is 1. The van der Waals surface area contributed by atoms with Crippen molar-refractivity contribution in [3.05, 3.63) is 54.1 Å². The lowest BCUT2D eigenvalue weighted by Crippen LogP contribution is -2.48. The lowest BCUT2D eigenvalue weighted by Gasteiger charge is -2.35. The van der Waals surface area contributed by atoms with E-state index in [1.807, 2.05) is 36.9 Å². The van der Waals surface area contributed by atoms with Gasteiger partial charge < -0.3 is 14.5 Å². The van der Waals surface area contributed by atoms with Crippen LogP contribution in [0.25, 0.3) is 10.2 Å². The van der Waals surface area contributed by atoms with Crippen LogP contribution in [0.3, 0.4) is 0 Å². The number of carbonyl (C=O) groups is 1. The first-order valence-corrected chi connectivity index (χ1v) is 13.7. The number of rotatable bonds is 4. The Morgan fingerprint density at radius 2 is 1.62 bits per heavy atom. The van der Waals surface area contributed by atoms with Crippen molar-refractivity contribution in [2.45, 2.75) is 31.0 Å². The third-order valence-corrected chi connectivity index (χ3v) is 9.19. The number of ether oxygens (including phenoxy) is 1. The largest absolute Gasteiger partial charge is 0.373 e. The van der Waals surface area contributed by atoms with E-state index < -0.39 is 10.0 Å². The van der Waals surface area contributed by atoms with Crippen molar-refractivity contribution in [3.8, 4) is 0 Å². The highest BCUT2D eigenvalue weighted by molar-refractivity contribution is 7.89. The highest BCUT2D eigenvalue weighted by Crippen LogP contribution is 2.29. The second kappa shape index (κ2) is 9.26.